The Kier molecular flexibility index (Phi) is 39.1. The van der Waals surface area contributed by atoms with Gasteiger partial charge in [0.2, 0.25) is 0 Å². The van der Waals surface area contributed by atoms with E-state index in [0.29, 0.717) is 5.22 Å². The summed E-state index contributed by atoms with van der Waals surface area (Å²) in [7, 11) is 1.23. The van der Waals surface area contributed by atoms with Crippen molar-refractivity contribution in [2.75, 3.05) is 6.61 Å². The molecule has 0 radical (unpaired) electrons. The van der Waals surface area contributed by atoms with Gasteiger partial charge in [-0.1, -0.05) is 302 Å². The first-order valence-electron chi connectivity index (χ1n) is 27.4. The van der Waals surface area contributed by atoms with E-state index in [1.807, 2.05) is 0 Å². The molecule has 0 aromatic rings. The van der Waals surface area contributed by atoms with Crippen molar-refractivity contribution in [3.05, 3.63) is 0 Å². The zero-order valence-corrected chi connectivity index (χ0v) is 41.3. The molecule has 0 aromatic heterocycles. The summed E-state index contributed by atoms with van der Waals surface area (Å²) in [4.78, 5) is 0. The quantitative estimate of drug-likeness (QED) is 0.253. The molecule has 1 saturated carbocycles. The molecule has 0 bridgehead atoms. The van der Waals surface area contributed by atoms with Crippen LogP contribution in [0.5, 0.6) is 0 Å². The fourth-order valence-corrected chi connectivity index (χ4v) is 11.7. The third kappa shape index (κ3) is 36.1. The molecule has 1 nitrogen and oxygen atoms in total. The van der Waals surface area contributed by atoms with Crippen molar-refractivity contribution in [2.45, 2.75) is 333 Å². The van der Waals surface area contributed by atoms with Gasteiger partial charge >= 0.3 is 0 Å². The van der Waals surface area contributed by atoms with Crippen LogP contribution < -0.4 is 0 Å². The van der Waals surface area contributed by atoms with Gasteiger partial charge in [0.15, 0.2) is 0 Å². The first-order valence-corrected chi connectivity index (χ1v) is 28.4. The van der Waals surface area contributed by atoms with E-state index in [1.165, 1.54) is 338 Å². The Bertz CT molecular complexity index is 697. The van der Waals surface area contributed by atoms with E-state index >= 15 is 0 Å². The van der Waals surface area contributed by atoms with Crippen molar-refractivity contribution in [2.24, 2.45) is 5.92 Å². The van der Waals surface area contributed by atoms with Crippen LogP contribution in [0.3, 0.4) is 0 Å². The normalized spacial score (nSPS) is 27.0. The lowest BCUT2D eigenvalue weighted by Crippen LogP contribution is -2.38. The Morgan fingerprint density at radius 3 is 0.643 bits per heavy atom. The minimum atomic E-state index is 0.310. The highest BCUT2D eigenvalue weighted by Gasteiger charge is 2.30. The smallest absolute Gasteiger partial charge is 0.0488 e. The van der Waals surface area contributed by atoms with Gasteiger partial charge in [-0.25, -0.2) is 0 Å². The standard InChI is InChI=1S/C54H108OSi/c56-54(50-46-47-51-55-54)52-53-48-44-42-40-38-36-34-32-30-28-26-24-22-20-18-16-14-12-10-8-6-4-2-1-3-5-7-9-11-13-15-17-19-21-23-25-27-29-31-33-35-37-39-41-43-45-49-53/h53H,1-52H2,56H3. The highest BCUT2D eigenvalue weighted by atomic mass is 28.1. The maximum Gasteiger partial charge on any atom is 0.0488 e. The summed E-state index contributed by atoms with van der Waals surface area (Å²) < 4.78 is 6.46. The Morgan fingerprint density at radius 1 is 0.268 bits per heavy atom. The van der Waals surface area contributed by atoms with Gasteiger partial charge in [-0.3, -0.25) is 0 Å². The third-order valence-corrected chi connectivity index (χ3v) is 15.7. The first kappa shape index (κ1) is 52.3. The van der Waals surface area contributed by atoms with Crippen LogP contribution in [0.25, 0.3) is 0 Å². The van der Waals surface area contributed by atoms with E-state index in [1.54, 1.807) is 0 Å². The summed E-state index contributed by atoms with van der Waals surface area (Å²) in [5.41, 5.74) is 0. The Morgan fingerprint density at radius 2 is 0.464 bits per heavy atom. The molecule has 2 fully saturated rings. The molecule has 1 saturated heterocycles. The fourth-order valence-electron chi connectivity index (χ4n) is 10.6. The third-order valence-electron chi connectivity index (χ3n) is 14.5. The van der Waals surface area contributed by atoms with E-state index in [4.69, 9.17) is 4.74 Å². The first-order chi connectivity index (χ1) is 27.8. The Balaban J connectivity index is 1.55. The second kappa shape index (κ2) is 41.9. The van der Waals surface area contributed by atoms with Crippen LogP contribution in [0.15, 0.2) is 0 Å². The summed E-state index contributed by atoms with van der Waals surface area (Å²) in [5.74, 6) is 0.929. The van der Waals surface area contributed by atoms with Gasteiger partial charge in [-0.05, 0) is 31.6 Å². The average molecular weight is 802 g/mol. The largest absolute Gasteiger partial charge is 0.380 e. The van der Waals surface area contributed by atoms with E-state index in [0.717, 1.165) is 12.5 Å². The molecular formula is C54H108OSi. The molecule has 1 unspecified atom stereocenters. The SMILES string of the molecule is [SiH3]C1(CC2CCCCCCCCCCCCCCCCCCCCCCCCCCCCCCCCCCCCCCCCCCCCCCC2)CCCCO1. The molecule has 0 aromatic carbocycles. The summed E-state index contributed by atoms with van der Waals surface area (Å²) in [6.45, 7) is 1.04. The average Bonchev–Trinajstić information content (AvgIpc) is 3.20. The van der Waals surface area contributed by atoms with Crippen LogP contribution in [0.4, 0.5) is 0 Å². The van der Waals surface area contributed by atoms with Crippen molar-refractivity contribution >= 4 is 10.2 Å². The highest BCUT2D eigenvalue weighted by Crippen LogP contribution is 2.33. The molecule has 1 aliphatic carbocycles. The maximum atomic E-state index is 6.46. The molecule has 0 spiro atoms. The Labute approximate surface area is 358 Å². The molecule has 0 N–H and O–H groups in total. The molecule has 0 amide bonds. The molecule has 56 heavy (non-hydrogen) atoms. The van der Waals surface area contributed by atoms with Crippen molar-refractivity contribution in [3.8, 4) is 0 Å². The van der Waals surface area contributed by atoms with Gasteiger partial charge in [0.25, 0.3) is 0 Å². The number of hydrogen-bond donors (Lipinski definition) is 0. The fraction of sp³-hybridized carbons (Fsp3) is 1.00. The van der Waals surface area contributed by atoms with Crippen LogP contribution in [0.2, 0.25) is 0 Å². The highest BCUT2D eigenvalue weighted by molar-refractivity contribution is 6.14. The van der Waals surface area contributed by atoms with Crippen LogP contribution in [-0.4, -0.2) is 22.1 Å². The van der Waals surface area contributed by atoms with Crippen molar-refractivity contribution in [3.63, 3.8) is 0 Å². The number of hydrogen-bond acceptors (Lipinski definition) is 1. The molecule has 1 atom stereocenters. The van der Waals surface area contributed by atoms with E-state index in [2.05, 4.69) is 0 Å². The van der Waals surface area contributed by atoms with Gasteiger partial charge in [0, 0.05) is 22.1 Å². The summed E-state index contributed by atoms with van der Waals surface area (Å²) >= 11 is 0. The minimum absolute atomic E-state index is 0.310. The lowest BCUT2D eigenvalue weighted by atomic mass is 9.87. The van der Waals surface area contributed by atoms with E-state index in [9.17, 15) is 0 Å². The van der Waals surface area contributed by atoms with Crippen molar-refractivity contribution in [1.29, 1.82) is 0 Å². The van der Waals surface area contributed by atoms with E-state index in [-0.39, 0.29) is 0 Å². The lowest BCUT2D eigenvalue weighted by Gasteiger charge is -2.37. The molecule has 1 heterocycles. The molecule has 2 aliphatic rings. The van der Waals surface area contributed by atoms with Gasteiger partial charge in [0.05, 0.1) is 0 Å². The minimum Gasteiger partial charge on any atom is -0.380 e. The van der Waals surface area contributed by atoms with Crippen LogP contribution in [0.1, 0.15) is 327 Å². The van der Waals surface area contributed by atoms with Gasteiger partial charge in [-0.15, -0.1) is 0 Å². The summed E-state index contributed by atoms with van der Waals surface area (Å²) in [6, 6.07) is 0. The predicted molar refractivity (Wildman–Crippen MR) is 258 cm³/mol. The lowest BCUT2D eigenvalue weighted by molar-refractivity contribution is -0.0338. The zero-order chi connectivity index (χ0) is 39.6. The maximum absolute atomic E-state index is 6.46. The van der Waals surface area contributed by atoms with Gasteiger partial charge in [0.1, 0.15) is 0 Å². The van der Waals surface area contributed by atoms with Gasteiger partial charge in [-0.2, -0.15) is 0 Å². The Hall–Kier alpha value is 0.177. The topological polar surface area (TPSA) is 9.23 Å². The second-order valence-electron chi connectivity index (χ2n) is 20.3. The van der Waals surface area contributed by atoms with Crippen LogP contribution in [0, 0.1) is 5.92 Å². The van der Waals surface area contributed by atoms with Crippen LogP contribution >= 0.6 is 0 Å². The number of rotatable bonds is 2. The predicted octanol–water partition coefficient (Wildman–Crippen LogP) is 18.6. The molecule has 2 rings (SSSR count). The second-order valence-corrected chi connectivity index (χ2v) is 22.1. The molecule has 2 heteroatoms. The van der Waals surface area contributed by atoms with Crippen molar-refractivity contribution in [1.82, 2.24) is 0 Å². The summed E-state index contributed by atoms with van der Waals surface area (Å²) in [6.07, 6.45) is 75.6. The molecule has 334 valence electrons. The van der Waals surface area contributed by atoms with Gasteiger partial charge < -0.3 is 4.74 Å². The van der Waals surface area contributed by atoms with Crippen LogP contribution in [-0.2, 0) is 4.74 Å². The summed E-state index contributed by atoms with van der Waals surface area (Å²) in [5, 5.41) is 0.310. The zero-order valence-electron chi connectivity index (χ0n) is 39.3. The molecule has 1 aliphatic heterocycles. The van der Waals surface area contributed by atoms with E-state index < -0.39 is 0 Å². The molecular weight excluding hydrogens is 693 g/mol. The number of ether oxygens (including phenoxy) is 1. The van der Waals surface area contributed by atoms with Crippen molar-refractivity contribution < 1.29 is 4.74 Å². The monoisotopic (exact) mass is 801 g/mol.